The number of likely N-dealkylation sites (tertiary alicyclic amines) is 2. The number of hydrogen-bond acceptors (Lipinski definition) is 4. The summed E-state index contributed by atoms with van der Waals surface area (Å²) in [6, 6.07) is 7.96. The highest BCUT2D eigenvalue weighted by Crippen LogP contribution is 2.40. The molecule has 3 unspecified atom stereocenters. The van der Waals surface area contributed by atoms with E-state index in [-0.39, 0.29) is 36.2 Å². The second-order valence-electron chi connectivity index (χ2n) is 7.88. The molecule has 0 saturated carbocycles. The Balaban J connectivity index is 0.00000300. The molecule has 0 aromatic heterocycles. The van der Waals surface area contributed by atoms with E-state index in [2.05, 4.69) is 12.2 Å². The lowest BCUT2D eigenvalue weighted by Crippen LogP contribution is -2.49. The summed E-state index contributed by atoms with van der Waals surface area (Å²) in [6.07, 6.45) is 4.37. The number of amides is 2. The molecule has 3 rings (SSSR count). The number of hydrogen-bond donors (Lipinski definition) is 1. The van der Waals surface area contributed by atoms with Gasteiger partial charge in [-0.15, -0.1) is 12.4 Å². The van der Waals surface area contributed by atoms with Crippen molar-refractivity contribution in [2.45, 2.75) is 51.1 Å². The van der Waals surface area contributed by atoms with Gasteiger partial charge in [0.25, 0.3) is 0 Å². The summed E-state index contributed by atoms with van der Waals surface area (Å²) in [5.74, 6) is 0.681. The minimum atomic E-state index is -0.312. The fourth-order valence-corrected chi connectivity index (χ4v) is 4.46. The summed E-state index contributed by atoms with van der Waals surface area (Å²) in [5.41, 5.74) is 1.02. The van der Waals surface area contributed by atoms with E-state index >= 15 is 0 Å². The third kappa shape index (κ3) is 5.23. The number of unbranched alkanes of at least 4 members (excludes halogenated alkanes) is 1. The maximum Gasteiger partial charge on any atom is 0.228 e. The van der Waals surface area contributed by atoms with Crippen LogP contribution in [0, 0.1) is 5.92 Å². The maximum absolute atomic E-state index is 13.4. The molecule has 1 aromatic carbocycles. The Morgan fingerprint density at radius 1 is 1.28 bits per heavy atom. The van der Waals surface area contributed by atoms with Crippen molar-refractivity contribution in [3.05, 3.63) is 29.8 Å². The zero-order valence-electron chi connectivity index (χ0n) is 17.7. The number of carbonyl (C=O) groups excluding carboxylic acids is 2. The molecule has 29 heavy (non-hydrogen) atoms. The van der Waals surface area contributed by atoms with E-state index in [0.717, 1.165) is 50.1 Å². The lowest BCUT2D eigenvalue weighted by molar-refractivity contribution is -0.138. The lowest BCUT2D eigenvalue weighted by atomic mass is 9.91. The van der Waals surface area contributed by atoms with E-state index in [1.54, 1.807) is 7.11 Å². The van der Waals surface area contributed by atoms with Crippen molar-refractivity contribution in [3.63, 3.8) is 0 Å². The monoisotopic (exact) mass is 423 g/mol. The van der Waals surface area contributed by atoms with Gasteiger partial charge < -0.3 is 19.9 Å². The Kier molecular flexibility index (Phi) is 8.78. The molecule has 0 radical (unpaired) electrons. The first-order chi connectivity index (χ1) is 13.6. The summed E-state index contributed by atoms with van der Waals surface area (Å²) in [4.78, 5) is 30.1. The number of halogens is 1. The second kappa shape index (κ2) is 10.8. The van der Waals surface area contributed by atoms with E-state index in [1.165, 1.54) is 0 Å². The zero-order valence-corrected chi connectivity index (χ0v) is 18.5. The molecule has 162 valence electrons. The van der Waals surface area contributed by atoms with Crippen molar-refractivity contribution < 1.29 is 14.3 Å². The number of rotatable bonds is 7. The van der Waals surface area contributed by atoms with Crippen LogP contribution in [0.4, 0.5) is 0 Å². The summed E-state index contributed by atoms with van der Waals surface area (Å²) < 4.78 is 5.28. The molecule has 7 heteroatoms. The fraction of sp³-hybridized carbons (Fsp3) is 0.636. The Bertz CT molecular complexity index is 682. The summed E-state index contributed by atoms with van der Waals surface area (Å²) >= 11 is 0. The Labute approximate surface area is 180 Å². The van der Waals surface area contributed by atoms with Gasteiger partial charge >= 0.3 is 0 Å². The molecule has 1 aromatic rings. The lowest BCUT2D eigenvalue weighted by Gasteiger charge is -2.36. The Morgan fingerprint density at radius 2 is 2.00 bits per heavy atom. The number of benzene rings is 1. The van der Waals surface area contributed by atoms with E-state index in [4.69, 9.17) is 4.74 Å². The van der Waals surface area contributed by atoms with Crippen molar-refractivity contribution in [1.82, 2.24) is 15.1 Å². The average molecular weight is 424 g/mol. The van der Waals surface area contributed by atoms with Gasteiger partial charge in [-0.05, 0) is 44.0 Å². The number of nitrogens with one attached hydrogen (secondary N) is 1. The normalized spacial score (nSPS) is 24.4. The minimum Gasteiger partial charge on any atom is -0.497 e. The smallest absolute Gasteiger partial charge is 0.228 e. The van der Waals surface area contributed by atoms with Gasteiger partial charge in [-0.3, -0.25) is 9.59 Å². The summed E-state index contributed by atoms with van der Waals surface area (Å²) in [7, 11) is 3.59. The molecule has 2 aliphatic heterocycles. The topological polar surface area (TPSA) is 61.9 Å². The van der Waals surface area contributed by atoms with Crippen molar-refractivity contribution in [3.8, 4) is 5.75 Å². The minimum absolute atomic E-state index is 0. The maximum atomic E-state index is 13.4. The first-order valence-corrected chi connectivity index (χ1v) is 10.5. The van der Waals surface area contributed by atoms with Crippen molar-refractivity contribution in [1.29, 1.82) is 0 Å². The molecular formula is C22H34ClN3O3. The molecule has 0 bridgehead atoms. The van der Waals surface area contributed by atoms with Gasteiger partial charge in [-0.2, -0.15) is 0 Å². The highest BCUT2D eigenvalue weighted by molar-refractivity contribution is 5.90. The highest BCUT2D eigenvalue weighted by Gasteiger charge is 2.45. The van der Waals surface area contributed by atoms with Crippen molar-refractivity contribution in [2.24, 2.45) is 5.92 Å². The fourth-order valence-electron chi connectivity index (χ4n) is 4.46. The van der Waals surface area contributed by atoms with Gasteiger partial charge in [0.15, 0.2) is 0 Å². The van der Waals surface area contributed by atoms with Gasteiger partial charge in [0.1, 0.15) is 5.75 Å². The quantitative estimate of drug-likeness (QED) is 0.732. The van der Waals surface area contributed by atoms with Gasteiger partial charge in [0.05, 0.1) is 19.1 Å². The van der Waals surface area contributed by atoms with Crippen LogP contribution in [0.15, 0.2) is 24.3 Å². The average Bonchev–Trinajstić information content (AvgIpc) is 3.07. The number of piperidine rings is 1. The van der Waals surface area contributed by atoms with Crippen LogP contribution in [0.2, 0.25) is 0 Å². The van der Waals surface area contributed by atoms with Crippen LogP contribution in [0.5, 0.6) is 5.75 Å². The molecule has 2 aliphatic rings. The molecular weight excluding hydrogens is 390 g/mol. The molecule has 1 N–H and O–H groups in total. The molecule has 0 aliphatic carbocycles. The van der Waals surface area contributed by atoms with E-state index in [1.807, 2.05) is 41.1 Å². The molecule has 2 amide bonds. The molecule has 0 spiro atoms. The predicted octanol–water partition coefficient (Wildman–Crippen LogP) is 3.02. The number of likely N-dealkylation sites (N-methyl/N-ethyl adjacent to an activating group) is 1. The molecule has 2 saturated heterocycles. The van der Waals surface area contributed by atoms with Gasteiger partial charge in [0, 0.05) is 32.1 Å². The van der Waals surface area contributed by atoms with Crippen LogP contribution in [0.3, 0.4) is 0 Å². The van der Waals surface area contributed by atoms with Crippen LogP contribution >= 0.6 is 12.4 Å². The summed E-state index contributed by atoms with van der Waals surface area (Å²) in [5, 5.41) is 3.30. The second-order valence-corrected chi connectivity index (χ2v) is 7.88. The molecule has 2 fully saturated rings. The van der Waals surface area contributed by atoms with Gasteiger partial charge in [-0.1, -0.05) is 25.5 Å². The van der Waals surface area contributed by atoms with Crippen LogP contribution < -0.4 is 10.1 Å². The number of methoxy groups -OCH3 is 1. The Hall–Kier alpha value is -1.79. The summed E-state index contributed by atoms with van der Waals surface area (Å²) in [6.45, 7) is 4.34. The SMILES string of the molecule is CCCCN1C(=O)CC(C(=O)N2CCCC(NC)C2)C1c1ccc(OC)cc1.Cl. The highest BCUT2D eigenvalue weighted by atomic mass is 35.5. The van der Waals surface area contributed by atoms with Crippen LogP contribution in [0.25, 0.3) is 0 Å². The largest absolute Gasteiger partial charge is 0.497 e. The van der Waals surface area contributed by atoms with Crippen molar-refractivity contribution >= 4 is 24.2 Å². The van der Waals surface area contributed by atoms with E-state index in [0.29, 0.717) is 19.0 Å². The molecule has 3 atom stereocenters. The standard InChI is InChI=1S/C22H33N3O3.ClH/c1-4-5-13-25-20(26)14-19(21(25)16-8-10-18(28-3)11-9-16)22(27)24-12-6-7-17(15-24)23-2;/h8-11,17,19,21,23H,4-7,12-15H2,1-3H3;1H. The number of carbonyl (C=O) groups is 2. The first kappa shape index (κ1) is 23.5. The van der Waals surface area contributed by atoms with Crippen molar-refractivity contribution in [2.75, 3.05) is 33.8 Å². The van der Waals surface area contributed by atoms with Crippen LogP contribution in [-0.2, 0) is 9.59 Å². The molecule has 6 nitrogen and oxygen atoms in total. The van der Waals surface area contributed by atoms with E-state index < -0.39 is 0 Å². The Morgan fingerprint density at radius 3 is 2.62 bits per heavy atom. The van der Waals surface area contributed by atoms with E-state index in [9.17, 15) is 9.59 Å². The zero-order chi connectivity index (χ0) is 20.1. The number of nitrogens with zero attached hydrogens (tertiary/aromatic N) is 2. The molecule has 2 heterocycles. The first-order valence-electron chi connectivity index (χ1n) is 10.5. The predicted molar refractivity (Wildman–Crippen MR) is 116 cm³/mol. The third-order valence-corrected chi connectivity index (χ3v) is 6.10. The van der Waals surface area contributed by atoms with Crippen LogP contribution in [0.1, 0.15) is 50.6 Å². The third-order valence-electron chi connectivity index (χ3n) is 6.10. The van der Waals surface area contributed by atoms with Gasteiger partial charge in [0.2, 0.25) is 11.8 Å². The van der Waals surface area contributed by atoms with Crippen LogP contribution in [-0.4, -0.2) is 61.4 Å². The van der Waals surface area contributed by atoms with Gasteiger partial charge in [-0.25, -0.2) is 0 Å². The number of ether oxygens (including phenoxy) is 1.